The number of nitrogens with one attached hydrogen (secondary N) is 3. The number of ether oxygens (including phenoxy) is 2. The van der Waals surface area contributed by atoms with Crippen LogP contribution < -0.4 is 20.3 Å². The molecule has 11 heteroatoms. The van der Waals surface area contributed by atoms with Crippen LogP contribution in [0.25, 0.3) is 0 Å². The molecule has 4 N–H and O–H groups in total. The topological polar surface area (TPSA) is 115 Å². The smallest absolute Gasteiger partial charge is 0.246 e. The van der Waals surface area contributed by atoms with Crippen LogP contribution >= 0.6 is 23.7 Å². The monoisotopic (exact) mass is 740 g/mol. The molecular formula is C40H60N4O5S2. The van der Waals surface area contributed by atoms with Gasteiger partial charge < -0.3 is 30.1 Å². The lowest BCUT2D eigenvalue weighted by atomic mass is 9.87. The van der Waals surface area contributed by atoms with Crippen LogP contribution in [0, 0.1) is 11.8 Å². The third kappa shape index (κ3) is 11.5. The summed E-state index contributed by atoms with van der Waals surface area (Å²) in [6.45, 7) is 12.9. The van der Waals surface area contributed by atoms with Gasteiger partial charge in [0.25, 0.3) is 0 Å². The Balaban J connectivity index is 1.53. The van der Waals surface area contributed by atoms with Crippen LogP contribution in [0.1, 0.15) is 80.1 Å². The van der Waals surface area contributed by atoms with Crippen LogP contribution in [0.3, 0.4) is 0 Å². The molecule has 0 radical (unpaired) electrons. The first-order valence-corrected chi connectivity index (χ1v) is 20.7. The van der Waals surface area contributed by atoms with Gasteiger partial charge in [0.2, 0.25) is 11.8 Å². The van der Waals surface area contributed by atoms with Gasteiger partial charge in [0.15, 0.2) is 6.29 Å². The number of carbonyl (C=O) groups is 2. The molecule has 0 spiro atoms. The molecule has 1 aromatic rings. The van der Waals surface area contributed by atoms with E-state index in [0.717, 1.165) is 50.0 Å². The van der Waals surface area contributed by atoms with E-state index in [9.17, 15) is 14.7 Å². The first kappa shape index (κ1) is 41.2. The van der Waals surface area contributed by atoms with E-state index in [1.807, 2.05) is 52.0 Å². The van der Waals surface area contributed by atoms with E-state index < -0.39 is 18.4 Å². The number of carbonyl (C=O) groups excluding carboxylic acids is 2. The average Bonchev–Trinajstić information content (AvgIpc) is 3.89. The van der Waals surface area contributed by atoms with Crippen molar-refractivity contribution in [3.05, 3.63) is 77.4 Å². The maximum Gasteiger partial charge on any atom is 0.246 e. The summed E-state index contributed by atoms with van der Waals surface area (Å²) < 4.78 is 15.6. The highest BCUT2D eigenvalue weighted by Crippen LogP contribution is 2.42. The fraction of sp³-hybridized carbons (Fsp3) is 0.600. The van der Waals surface area contributed by atoms with Gasteiger partial charge in [0.05, 0.1) is 23.1 Å². The third-order valence-electron chi connectivity index (χ3n) is 9.83. The van der Waals surface area contributed by atoms with Gasteiger partial charge in [0, 0.05) is 28.6 Å². The van der Waals surface area contributed by atoms with Gasteiger partial charge in [-0.25, -0.2) is 0 Å². The minimum absolute atomic E-state index is 0.0132. The molecular weight excluding hydrogens is 681 g/mol. The second-order valence-electron chi connectivity index (χ2n) is 14.3. The fourth-order valence-corrected chi connectivity index (χ4v) is 8.47. The van der Waals surface area contributed by atoms with Gasteiger partial charge in [0.1, 0.15) is 18.8 Å². The Morgan fingerprint density at radius 3 is 2.39 bits per heavy atom. The van der Waals surface area contributed by atoms with Crippen molar-refractivity contribution in [2.45, 2.75) is 121 Å². The Kier molecular flexibility index (Phi) is 16.2. The summed E-state index contributed by atoms with van der Waals surface area (Å²) in [7, 11) is 0. The van der Waals surface area contributed by atoms with Crippen molar-refractivity contribution in [2.75, 3.05) is 24.3 Å². The summed E-state index contributed by atoms with van der Waals surface area (Å²) in [5, 5.41) is 15.9. The molecule has 9 nitrogen and oxygen atoms in total. The summed E-state index contributed by atoms with van der Waals surface area (Å²) in [6, 6.07) is 9.41. The van der Waals surface area contributed by atoms with Crippen LogP contribution in [0.5, 0.6) is 0 Å². The number of anilines is 1. The first-order chi connectivity index (χ1) is 24.6. The van der Waals surface area contributed by atoms with Crippen molar-refractivity contribution < 1.29 is 24.2 Å². The number of aliphatic hydroxyl groups is 1. The lowest BCUT2D eigenvalue weighted by molar-refractivity contribution is -0.133. The second-order valence-corrected chi connectivity index (χ2v) is 16.1. The number of rotatable bonds is 19. The molecule has 1 aromatic carbocycles. The second kappa shape index (κ2) is 20.1. The lowest BCUT2D eigenvalue weighted by Crippen LogP contribution is -2.55. The Hall–Kier alpha value is -2.54. The maximum atomic E-state index is 13.6. The summed E-state index contributed by atoms with van der Waals surface area (Å²) in [5.41, 5.74) is 2.28. The minimum Gasteiger partial charge on any atom is -0.366 e. The number of allylic oxidation sites excluding steroid dienone is 3. The van der Waals surface area contributed by atoms with E-state index in [1.54, 1.807) is 23.7 Å². The quantitative estimate of drug-likeness (QED) is 0.0686. The average molecular weight is 741 g/mol. The van der Waals surface area contributed by atoms with Gasteiger partial charge in [-0.2, -0.15) is 11.8 Å². The van der Waals surface area contributed by atoms with Gasteiger partial charge in [-0.15, -0.1) is 0 Å². The molecule has 282 valence electrons. The number of aliphatic hydroxyl groups excluding tert-OH is 1. The standard InChI is InChI=1S/C40H60N4O5S2/c1-8-11-15-18-28(6)36(38(46)42-35(27(4)5)37-39(47)49-37)41-34(45)25-48-31-24-32-30(23-33(31)50-7)44(29-19-16-14-17-20-29)26-40(43-51-32,21-12-9-2)22-13-10-3/h8,11,14-20,23-24,27-28,31,33,35-37,39,43,47H,9-10,12-13,21-22,25-26H2,1-7H3,(H,41,45)(H,42,46)/b11-8-,18-15-/t28?,31?,33?,35?,36-,37?,39?/m1/s1. The van der Waals surface area contributed by atoms with Crippen LogP contribution in [-0.2, 0) is 19.1 Å². The van der Waals surface area contributed by atoms with E-state index in [0.29, 0.717) is 0 Å². The molecule has 1 aliphatic carbocycles. The predicted octanol–water partition coefficient (Wildman–Crippen LogP) is 6.87. The lowest BCUT2D eigenvalue weighted by Gasteiger charge is -2.38. The molecule has 3 aliphatic rings. The Morgan fingerprint density at radius 1 is 1.12 bits per heavy atom. The third-order valence-corrected chi connectivity index (χ3v) is 11.9. The summed E-state index contributed by atoms with van der Waals surface area (Å²) in [4.78, 5) is 30.7. The van der Waals surface area contributed by atoms with E-state index >= 15 is 0 Å². The fourth-order valence-electron chi connectivity index (χ4n) is 6.70. The Morgan fingerprint density at radius 2 is 1.80 bits per heavy atom. The molecule has 2 heterocycles. The van der Waals surface area contributed by atoms with E-state index in [-0.39, 0.29) is 53.2 Å². The molecule has 0 aromatic heterocycles. The molecule has 0 saturated carbocycles. The molecule has 0 bridgehead atoms. The van der Waals surface area contributed by atoms with Crippen molar-refractivity contribution in [3.8, 4) is 0 Å². The van der Waals surface area contributed by atoms with Gasteiger partial charge in [-0.05, 0) is 68.2 Å². The zero-order chi connectivity index (χ0) is 37.0. The van der Waals surface area contributed by atoms with Crippen LogP contribution in [0.4, 0.5) is 5.69 Å². The minimum atomic E-state index is -0.889. The van der Waals surface area contributed by atoms with Gasteiger partial charge in [-0.3, -0.25) is 14.3 Å². The number of amides is 2. The summed E-state index contributed by atoms with van der Waals surface area (Å²) in [5.74, 6) is -0.965. The Labute approximate surface area is 314 Å². The molecule has 51 heavy (non-hydrogen) atoms. The molecule has 4 rings (SSSR count). The molecule has 2 aliphatic heterocycles. The summed E-state index contributed by atoms with van der Waals surface area (Å²) in [6.07, 6.45) is 19.2. The van der Waals surface area contributed by atoms with E-state index in [2.05, 4.69) is 82.8 Å². The molecule has 6 unspecified atom stereocenters. The number of benzene rings is 1. The number of hydrogen-bond acceptors (Lipinski definition) is 9. The maximum absolute atomic E-state index is 13.6. The van der Waals surface area contributed by atoms with Crippen molar-refractivity contribution in [1.82, 2.24) is 15.4 Å². The summed E-state index contributed by atoms with van der Waals surface area (Å²) >= 11 is 3.39. The number of fused-ring (bicyclic) bond motifs is 1. The number of thioether (sulfide) groups is 1. The zero-order valence-corrected chi connectivity index (χ0v) is 33.1. The largest absolute Gasteiger partial charge is 0.366 e. The SMILES string of the molecule is C/C=C\C=C/C(C)[C@@H](NC(=O)COC1C=C2SNC(CCCC)(CCCC)CN(c3ccccc3)C2=CC1SC)C(=O)NC(C(C)C)C1OC1O. The zero-order valence-electron chi connectivity index (χ0n) is 31.5. The normalized spacial score (nSPS) is 24.8. The number of nitrogens with zero attached hydrogens (tertiary/aromatic N) is 1. The molecule has 7 atom stereocenters. The number of unbranched alkanes of at least 4 members (excludes halogenated alkanes) is 2. The van der Waals surface area contributed by atoms with E-state index in [1.165, 1.54) is 11.4 Å². The highest BCUT2D eigenvalue weighted by Gasteiger charge is 2.46. The van der Waals surface area contributed by atoms with Gasteiger partial charge in [-0.1, -0.05) is 103 Å². The molecule has 2 fully saturated rings. The van der Waals surface area contributed by atoms with Gasteiger partial charge >= 0.3 is 0 Å². The van der Waals surface area contributed by atoms with Crippen LogP contribution in [0.2, 0.25) is 0 Å². The van der Waals surface area contributed by atoms with Crippen LogP contribution in [-0.4, -0.2) is 77.7 Å². The number of para-hydroxylation sites is 1. The predicted molar refractivity (Wildman–Crippen MR) is 212 cm³/mol. The van der Waals surface area contributed by atoms with Crippen molar-refractivity contribution >= 4 is 41.2 Å². The van der Waals surface area contributed by atoms with E-state index in [4.69, 9.17) is 9.47 Å². The van der Waals surface area contributed by atoms with Crippen molar-refractivity contribution in [1.29, 1.82) is 0 Å². The molecule has 2 saturated heterocycles. The highest BCUT2D eigenvalue weighted by atomic mass is 32.2. The van der Waals surface area contributed by atoms with Crippen molar-refractivity contribution in [2.24, 2.45) is 11.8 Å². The number of hydrogen-bond donors (Lipinski definition) is 4. The highest BCUT2D eigenvalue weighted by molar-refractivity contribution is 8.01. The number of epoxide rings is 1. The molecule has 2 amide bonds. The Bertz CT molecular complexity index is 1390. The first-order valence-electron chi connectivity index (χ1n) is 18.6. The van der Waals surface area contributed by atoms with Crippen molar-refractivity contribution in [3.63, 3.8) is 0 Å². The van der Waals surface area contributed by atoms with Crippen LogP contribution in [0.15, 0.2) is 77.4 Å².